The summed E-state index contributed by atoms with van der Waals surface area (Å²) in [6.45, 7) is 6.99. The zero-order valence-electron chi connectivity index (χ0n) is 11.2. The molecule has 2 N–H and O–H groups in total. The van der Waals surface area contributed by atoms with Gasteiger partial charge in [-0.1, -0.05) is 0 Å². The summed E-state index contributed by atoms with van der Waals surface area (Å²) in [6, 6.07) is 4.14. The maximum absolute atomic E-state index is 4.37. The van der Waals surface area contributed by atoms with Crippen molar-refractivity contribution in [3.05, 3.63) is 33.3 Å². The van der Waals surface area contributed by atoms with Crippen LogP contribution in [-0.4, -0.2) is 17.0 Å². The molecule has 0 saturated heterocycles. The molecule has 2 heterocycles. The molecule has 0 aromatic carbocycles. The predicted octanol–water partition coefficient (Wildman–Crippen LogP) is 3.12. The normalized spacial score (nSPS) is 10.4. The molecule has 4 nitrogen and oxygen atoms in total. The van der Waals surface area contributed by atoms with E-state index in [1.165, 1.54) is 15.3 Å². The Kier molecular flexibility index (Phi) is 3.81. The summed E-state index contributed by atoms with van der Waals surface area (Å²) < 4.78 is 0. The van der Waals surface area contributed by atoms with Crippen LogP contribution in [0.1, 0.15) is 21.1 Å². The molecule has 0 aliphatic heterocycles. The van der Waals surface area contributed by atoms with E-state index in [1.807, 2.05) is 31.4 Å². The van der Waals surface area contributed by atoms with Gasteiger partial charge in [0, 0.05) is 22.9 Å². The maximum atomic E-state index is 4.37. The van der Waals surface area contributed by atoms with Crippen molar-refractivity contribution < 1.29 is 0 Å². The molecule has 2 aromatic heterocycles. The van der Waals surface area contributed by atoms with Crippen LogP contribution in [0.2, 0.25) is 0 Å². The van der Waals surface area contributed by atoms with Gasteiger partial charge in [-0.15, -0.1) is 11.3 Å². The molecule has 2 rings (SSSR count). The number of aryl methyl sites for hydroxylation is 3. The Hall–Kier alpha value is -1.62. The fourth-order valence-electron chi connectivity index (χ4n) is 1.70. The molecule has 5 heteroatoms. The minimum atomic E-state index is 0.767. The molecule has 0 aliphatic rings. The smallest absolute Gasteiger partial charge is 0.132 e. The molecular formula is C13H18N4S. The molecule has 0 amide bonds. The van der Waals surface area contributed by atoms with Crippen molar-refractivity contribution >= 4 is 23.0 Å². The van der Waals surface area contributed by atoms with Gasteiger partial charge in [-0.05, 0) is 32.4 Å². The van der Waals surface area contributed by atoms with Crippen LogP contribution in [0.5, 0.6) is 0 Å². The van der Waals surface area contributed by atoms with Crippen molar-refractivity contribution in [3.63, 3.8) is 0 Å². The number of nitrogens with one attached hydrogen (secondary N) is 2. The van der Waals surface area contributed by atoms with E-state index in [1.54, 1.807) is 0 Å². The third-order valence-corrected chi connectivity index (χ3v) is 3.91. The average Bonchev–Trinajstić information content (AvgIpc) is 2.65. The lowest BCUT2D eigenvalue weighted by atomic mass is 10.3. The van der Waals surface area contributed by atoms with Gasteiger partial charge in [0.1, 0.15) is 17.5 Å². The highest BCUT2D eigenvalue weighted by atomic mass is 32.1. The largest absolute Gasteiger partial charge is 0.373 e. The van der Waals surface area contributed by atoms with E-state index in [9.17, 15) is 0 Å². The Morgan fingerprint density at radius 2 is 1.83 bits per heavy atom. The van der Waals surface area contributed by atoms with Gasteiger partial charge in [0.05, 0.1) is 6.54 Å². The number of hydrogen-bond donors (Lipinski definition) is 2. The fraction of sp³-hybridized carbons (Fsp3) is 0.385. The topological polar surface area (TPSA) is 49.8 Å². The van der Waals surface area contributed by atoms with Gasteiger partial charge in [-0.2, -0.15) is 0 Å². The highest BCUT2D eigenvalue weighted by molar-refractivity contribution is 7.12. The molecule has 0 aliphatic carbocycles. The van der Waals surface area contributed by atoms with Crippen molar-refractivity contribution in [1.29, 1.82) is 0 Å². The van der Waals surface area contributed by atoms with Crippen LogP contribution in [-0.2, 0) is 6.54 Å². The van der Waals surface area contributed by atoms with Gasteiger partial charge in [-0.3, -0.25) is 0 Å². The van der Waals surface area contributed by atoms with Gasteiger partial charge < -0.3 is 10.6 Å². The highest BCUT2D eigenvalue weighted by Gasteiger charge is 2.03. The lowest BCUT2D eigenvalue weighted by Crippen LogP contribution is -2.04. The summed E-state index contributed by atoms with van der Waals surface area (Å²) in [4.78, 5) is 11.3. The molecule has 0 radical (unpaired) electrons. The molecule has 96 valence electrons. The van der Waals surface area contributed by atoms with Crippen molar-refractivity contribution in [2.75, 3.05) is 17.7 Å². The molecular weight excluding hydrogens is 244 g/mol. The summed E-state index contributed by atoms with van der Waals surface area (Å²) in [5.74, 6) is 2.46. The Morgan fingerprint density at radius 1 is 1.11 bits per heavy atom. The SMILES string of the molecule is CNc1cc(NCc2cc(C)c(C)s2)nc(C)n1. The summed E-state index contributed by atoms with van der Waals surface area (Å²) in [6.07, 6.45) is 0. The molecule has 0 unspecified atom stereocenters. The number of anilines is 2. The second-order valence-corrected chi connectivity index (χ2v) is 5.58. The third-order valence-electron chi connectivity index (χ3n) is 2.75. The van der Waals surface area contributed by atoms with E-state index in [-0.39, 0.29) is 0 Å². The van der Waals surface area contributed by atoms with E-state index in [2.05, 4.69) is 40.5 Å². The fourth-order valence-corrected chi connectivity index (χ4v) is 2.69. The lowest BCUT2D eigenvalue weighted by Gasteiger charge is -2.07. The highest BCUT2D eigenvalue weighted by Crippen LogP contribution is 2.21. The number of thiophene rings is 1. The lowest BCUT2D eigenvalue weighted by molar-refractivity contribution is 1.03. The first-order valence-electron chi connectivity index (χ1n) is 5.91. The Balaban J connectivity index is 2.07. The summed E-state index contributed by atoms with van der Waals surface area (Å²) >= 11 is 1.83. The first-order chi connectivity index (χ1) is 8.58. The summed E-state index contributed by atoms with van der Waals surface area (Å²) in [7, 11) is 1.86. The van der Waals surface area contributed by atoms with Crippen LogP contribution in [0.25, 0.3) is 0 Å². The molecule has 2 aromatic rings. The maximum Gasteiger partial charge on any atom is 0.132 e. The van der Waals surface area contributed by atoms with E-state index < -0.39 is 0 Å². The molecule has 0 saturated carbocycles. The van der Waals surface area contributed by atoms with Crippen LogP contribution in [0.15, 0.2) is 12.1 Å². The van der Waals surface area contributed by atoms with Gasteiger partial charge >= 0.3 is 0 Å². The quantitative estimate of drug-likeness (QED) is 0.889. The first-order valence-corrected chi connectivity index (χ1v) is 6.73. The van der Waals surface area contributed by atoms with E-state index in [0.29, 0.717) is 0 Å². The zero-order chi connectivity index (χ0) is 13.1. The number of hydrogen-bond acceptors (Lipinski definition) is 5. The molecule has 0 atom stereocenters. The van der Waals surface area contributed by atoms with Crippen molar-refractivity contribution in [2.45, 2.75) is 27.3 Å². The predicted molar refractivity (Wildman–Crippen MR) is 77.4 cm³/mol. The molecule has 18 heavy (non-hydrogen) atoms. The Morgan fingerprint density at radius 3 is 2.44 bits per heavy atom. The number of rotatable bonds is 4. The molecule has 0 fully saturated rings. The number of aromatic nitrogens is 2. The second-order valence-electron chi connectivity index (χ2n) is 4.24. The van der Waals surface area contributed by atoms with E-state index >= 15 is 0 Å². The summed E-state index contributed by atoms with van der Waals surface area (Å²) in [5.41, 5.74) is 1.35. The third kappa shape index (κ3) is 2.98. The second kappa shape index (κ2) is 5.35. The van der Waals surface area contributed by atoms with E-state index in [4.69, 9.17) is 0 Å². The Bertz CT molecular complexity index is 528. The minimum absolute atomic E-state index is 0.767. The van der Waals surface area contributed by atoms with Crippen LogP contribution in [0, 0.1) is 20.8 Å². The van der Waals surface area contributed by atoms with Crippen molar-refractivity contribution in [3.8, 4) is 0 Å². The van der Waals surface area contributed by atoms with Gasteiger partial charge in [0.25, 0.3) is 0 Å². The first kappa shape index (κ1) is 12.8. The van der Waals surface area contributed by atoms with Crippen LogP contribution in [0.4, 0.5) is 11.6 Å². The van der Waals surface area contributed by atoms with Crippen molar-refractivity contribution in [2.24, 2.45) is 0 Å². The van der Waals surface area contributed by atoms with Crippen molar-refractivity contribution in [1.82, 2.24) is 9.97 Å². The van der Waals surface area contributed by atoms with Gasteiger partial charge in [0.15, 0.2) is 0 Å². The van der Waals surface area contributed by atoms with Crippen LogP contribution in [0.3, 0.4) is 0 Å². The monoisotopic (exact) mass is 262 g/mol. The average molecular weight is 262 g/mol. The summed E-state index contributed by atoms with van der Waals surface area (Å²) in [5, 5.41) is 6.37. The van der Waals surface area contributed by atoms with Gasteiger partial charge in [-0.25, -0.2) is 9.97 Å². The molecule has 0 bridgehead atoms. The van der Waals surface area contributed by atoms with Crippen LogP contribution < -0.4 is 10.6 Å². The minimum Gasteiger partial charge on any atom is -0.373 e. The Labute approximate surface area is 111 Å². The van der Waals surface area contributed by atoms with Crippen LogP contribution >= 0.6 is 11.3 Å². The van der Waals surface area contributed by atoms with E-state index in [0.717, 1.165) is 24.0 Å². The standard InChI is InChI=1S/C13H18N4S/c1-8-5-11(18-9(8)2)7-15-13-6-12(14-4)16-10(3)17-13/h5-6H,7H2,1-4H3,(H2,14,15,16,17). The molecule has 0 spiro atoms. The number of nitrogens with zero attached hydrogens (tertiary/aromatic N) is 2. The van der Waals surface area contributed by atoms with Gasteiger partial charge in [0.2, 0.25) is 0 Å². The zero-order valence-corrected chi connectivity index (χ0v) is 12.0.